The van der Waals surface area contributed by atoms with Gasteiger partial charge in [-0.15, -0.1) is 0 Å². The monoisotopic (exact) mass is 289 g/mol. The second kappa shape index (κ2) is 5.85. The normalized spacial score (nSPS) is 14.4. The molecule has 1 saturated carbocycles. The number of aromatic nitrogens is 2. The third-order valence-corrected chi connectivity index (χ3v) is 3.95. The Bertz CT molecular complexity index is 634. The second-order valence-electron chi connectivity index (χ2n) is 5.50. The average Bonchev–Trinajstić information content (AvgIpc) is 3.25. The van der Waals surface area contributed by atoms with Gasteiger partial charge in [-0.3, -0.25) is 4.68 Å². The molecule has 21 heavy (non-hydrogen) atoms. The van der Waals surface area contributed by atoms with Crippen molar-refractivity contribution >= 4 is 0 Å². The first-order chi connectivity index (χ1) is 10.2. The molecule has 0 unspecified atom stereocenters. The van der Waals surface area contributed by atoms with Gasteiger partial charge in [0.25, 0.3) is 0 Å². The summed E-state index contributed by atoms with van der Waals surface area (Å²) >= 11 is 0. The molecule has 1 aromatic carbocycles. The van der Waals surface area contributed by atoms with Crippen LogP contribution in [0.5, 0.6) is 5.75 Å². The van der Waals surface area contributed by atoms with Gasteiger partial charge in [0, 0.05) is 29.4 Å². The van der Waals surface area contributed by atoms with Crippen molar-refractivity contribution < 1.29 is 9.13 Å². The van der Waals surface area contributed by atoms with Gasteiger partial charge in [0.2, 0.25) is 0 Å². The number of nitrogens with zero attached hydrogens (tertiary/aromatic N) is 2. The number of methoxy groups -OCH3 is 1. The van der Waals surface area contributed by atoms with Crippen molar-refractivity contribution in [2.75, 3.05) is 7.11 Å². The molecule has 1 heterocycles. The summed E-state index contributed by atoms with van der Waals surface area (Å²) in [6, 6.07) is 5.86. The summed E-state index contributed by atoms with van der Waals surface area (Å²) in [5.74, 6) is -0.0412. The van der Waals surface area contributed by atoms with Crippen molar-refractivity contribution in [3.63, 3.8) is 0 Å². The van der Waals surface area contributed by atoms with E-state index in [4.69, 9.17) is 4.74 Å². The van der Waals surface area contributed by atoms with Crippen LogP contribution in [0.2, 0.25) is 0 Å². The SMILES string of the molecule is COc1cccc(Cn2ncc(CNC3CC3)c2C)c1F. The Morgan fingerprint density at radius 1 is 1.38 bits per heavy atom. The molecule has 0 spiro atoms. The first kappa shape index (κ1) is 14.1. The van der Waals surface area contributed by atoms with Gasteiger partial charge >= 0.3 is 0 Å². The van der Waals surface area contributed by atoms with Crippen LogP contribution in [-0.2, 0) is 13.1 Å². The van der Waals surface area contributed by atoms with E-state index >= 15 is 0 Å². The van der Waals surface area contributed by atoms with Crippen LogP contribution < -0.4 is 10.1 Å². The molecule has 2 aromatic rings. The fraction of sp³-hybridized carbons (Fsp3) is 0.438. The summed E-state index contributed by atoms with van der Waals surface area (Å²) in [4.78, 5) is 0. The van der Waals surface area contributed by atoms with Gasteiger partial charge in [-0.1, -0.05) is 12.1 Å². The van der Waals surface area contributed by atoms with Gasteiger partial charge in [-0.05, 0) is 25.8 Å². The predicted octanol–water partition coefficient (Wildman–Crippen LogP) is 2.64. The molecule has 1 aliphatic rings. The minimum Gasteiger partial charge on any atom is -0.494 e. The summed E-state index contributed by atoms with van der Waals surface area (Å²) in [7, 11) is 1.48. The molecule has 4 nitrogen and oxygen atoms in total. The van der Waals surface area contributed by atoms with Crippen LogP contribution in [0.3, 0.4) is 0 Å². The lowest BCUT2D eigenvalue weighted by molar-refractivity contribution is 0.383. The zero-order chi connectivity index (χ0) is 14.8. The average molecular weight is 289 g/mol. The van der Waals surface area contributed by atoms with Crippen LogP contribution in [0.15, 0.2) is 24.4 Å². The second-order valence-corrected chi connectivity index (χ2v) is 5.50. The molecule has 0 radical (unpaired) electrons. The summed E-state index contributed by atoms with van der Waals surface area (Å²) in [5, 5.41) is 7.85. The van der Waals surface area contributed by atoms with E-state index in [2.05, 4.69) is 10.4 Å². The highest BCUT2D eigenvalue weighted by atomic mass is 19.1. The molecule has 0 atom stereocenters. The topological polar surface area (TPSA) is 39.1 Å². The van der Waals surface area contributed by atoms with Gasteiger partial charge in [0.1, 0.15) is 0 Å². The van der Waals surface area contributed by atoms with E-state index in [0.717, 1.165) is 12.2 Å². The summed E-state index contributed by atoms with van der Waals surface area (Å²) in [6.07, 6.45) is 4.40. The summed E-state index contributed by atoms with van der Waals surface area (Å²) in [6.45, 7) is 3.27. The number of halogens is 1. The summed E-state index contributed by atoms with van der Waals surface area (Å²) < 4.78 is 21.0. The maximum absolute atomic E-state index is 14.2. The highest BCUT2D eigenvalue weighted by Crippen LogP contribution is 2.22. The van der Waals surface area contributed by atoms with Crippen LogP contribution >= 0.6 is 0 Å². The smallest absolute Gasteiger partial charge is 0.170 e. The van der Waals surface area contributed by atoms with E-state index < -0.39 is 0 Å². The third kappa shape index (κ3) is 3.08. The molecule has 1 aliphatic carbocycles. The van der Waals surface area contributed by atoms with Crippen LogP contribution in [-0.4, -0.2) is 22.9 Å². The largest absolute Gasteiger partial charge is 0.494 e. The van der Waals surface area contributed by atoms with Crippen molar-refractivity contribution in [2.45, 2.75) is 38.9 Å². The first-order valence-electron chi connectivity index (χ1n) is 7.25. The molecule has 0 aliphatic heterocycles. The van der Waals surface area contributed by atoms with E-state index in [0.29, 0.717) is 18.2 Å². The number of hydrogen-bond acceptors (Lipinski definition) is 3. The maximum Gasteiger partial charge on any atom is 0.170 e. The van der Waals surface area contributed by atoms with Crippen LogP contribution in [0.25, 0.3) is 0 Å². The van der Waals surface area contributed by atoms with Crippen molar-refractivity contribution in [3.05, 3.63) is 47.0 Å². The first-order valence-corrected chi connectivity index (χ1v) is 7.25. The van der Waals surface area contributed by atoms with Crippen molar-refractivity contribution in [1.82, 2.24) is 15.1 Å². The van der Waals surface area contributed by atoms with E-state index in [-0.39, 0.29) is 11.6 Å². The lowest BCUT2D eigenvalue weighted by atomic mass is 10.2. The lowest BCUT2D eigenvalue weighted by Gasteiger charge is -2.09. The predicted molar refractivity (Wildman–Crippen MR) is 78.9 cm³/mol. The number of rotatable bonds is 6. The highest BCUT2D eigenvalue weighted by molar-refractivity contribution is 5.31. The molecule has 3 rings (SSSR count). The Balaban J connectivity index is 1.75. The molecule has 112 valence electrons. The third-order valence-electron chi connectivity index (χ3n) is 3.95. The minimum atomic E-state index is -0.312. The Labute approximate surface area is 123 Å². The number of ether oxygens (including phenoxy) is 1. The Morgan fingerprint density at radius 3 is 2.90 bits per heavy atom. The van der Waals surface area contributed by atoms with Gasteiger partial charge in [-0.25, -0.2) is 4.39 Å². The Hall–Kier alpha value is -1.88. The fourth-order valence-corrected chi connectivity index (χ4v) is 2.36. The van der Waals surface area contributed by atoms with Crippen molar-refractivity contribution in [1.29, 1.82) is 0 Å². The molecule has 0 bridgehead atoms. The van der Waals surface area contributed by atoms with Crippen LogP contribution in [0.1, 0.15) is 29.7 Å². The fourth-order valence-electron chi connectivity index (χ4n) is 2.36. The van der Waals surface area contributed by atoms with E-state index in [1.165, 1.54) is 25.5 Å². The van der Waals surface area contributed by atoms with Crippen molar-refractivity contribution in [2.24, 2.45) is 0 Å². The number of hydrogen-bond donors (Lipinski definition) is 1. The molecule has 0 amide bonds. The number of nitrogens with one attached hydrogen (secondary N) is 1. The van der Waals surface area contributed by atoms with Gasteiger partial charge in [0.05, 0.1) is 19.9 Å². The van der Waals surface area contributed by atoms with E-state index in [9.17, 15) is 4.39 Å². The van der Waals surface area contributed by atoms with Gasteiger partial charge in [-0.2, -0.15) is 5.10 Å². The van der Waals surface area contributed by atoms with Gasteiger partial charge < -0.3 is 10.1 Å². The lowest BCUT2D eigenvalue weighted by Crippen LogP contribution is -2.16. The van der Waals surface area contributed by atoms with Crippen LogP contribution in [0, 0.1) is 12.7 Å². The molecule has 1 N–H and O–H groups in total. The Kier molecular flexibility index (Phi) is 3.92. The van der Waals surface area contributed by atoms with E-state index in [1.807, 2.05) is 17.8 Å². The standard InChI is InChI=1S/C16H20FN3O/c1-11-13(8-18-14-6-7-14)9-19-20(11)10-12-4-3-5-15(21-2)16(12)17/h3-5,9,14,18H,6-8,10H2,1-2H3. The minimum absolute atomic E-state index is 0.271. The molecular formula is C16H20FN3O. The number of benzene rings is 1. The highest BCUT2D eigenvalue weighted by Gasteiger charge is 2.21. The quantitative estimate of drug-likeness (QED) is 0.888. The zero-order valence-corrected chi connectivity index (χ0v) is 12.4. The molecule has 5 heteroatoms. The summed E-state index contributed by atoms with van der Waals surface area (Å²) in [5.41, 5.74) is 2.83. The van der Waals surface area contributed by atoms with Crippen LogP contribution in [0.4, 0.5) is 4.39 Å². The Morgan fingerprint density at radius 2 is 2.19 bits per heavy atom. The maximum atomic E-state index is 14.2. The molecule has 1 fully saturated rings. The van der Waals surface area contributed by atoms with Crippen molar-refractivity contribution in [3.8, 4) is 5.75 Å². The zero-order valence-electron chi connectivity index (χ0n) is 12.4. The molecule has 0 saturated heterocycles. The molecular weight excluding hydrogens is 269 g/mol. The van der Waals surface area contributed by atoms with E-state index in [1.54, 1.807) is 18.2 Å². The molecule has 1 aromatic heterocycles. The van der Waals surface area contributed by atoms with Gasteiger partial charge in [0.15, 0.2) is 11.6 Å².